The average molecular weight is 251 g/mol. The van der Waals surface area contributed by atoms with Crippen LogP contribution in [-0.4, -0.2) is 61.1 Å². The molecule has 5 heteroatoms. The van der Waals surface area contributed by atoms with Crippen molar-refractivity contribution in [3.63, 3.8) is 0 Å². The van der Waals surface area contributed by atoms with Gasteiger partial charge in [0.1, 0.15) is 0 Å². The summed E-state index contributed by atoms with van der Waals surface area (Å²) >= 11 is 0. The summed E-state index contributed by atoms with van der Waals surface area (Å²) in [4.78, 5) is 16.0. The monoisotopic (exact) mass is 251 g/mol. The van der Waals surface area contributed by atoms with E-state index in [4.69, 9.17) is 10.00 Å². The number of nitriles is 1. The van der Waals surface area contributed by atoms with Gasteiger partial charge in [-0.1, -0.05) is 0 Å². The van der Waals surface area contributed by atoms with Crippen LogP contribution in [0.2, 0.25) is 0 Å². The fraction of sp³-hybridized carbons (Fsp3) is 0.846. The molecule has 2 aliphatic rings. The molecule has 1 saturated heterocycles. The van der Waals surface area contributed by atoms with Crippen molar-refractivity contribution < 1.29 is 9.53 Å². The summed E-state index contributed by atoms with van der Waals surface area (Å²) in [5, 5.41) is 8.53. The maximum atomic E-state index is 12.0. The maximum Gasteiger partial charge on any atom is 0.236 e. The molecule has 18 heavy (non-hydrogen) atoms. The summed E-state index contributed by atoms with van der Waals surface area (Å²) in [5.74, 6) is 0.109. The van der Waals surface area contributed by atoms with E-state index in [1.165, 1.54) is 6.42 Å². The first-order valence-electron chi connectivity index (χ1n) is 6.69. The van der Waals surface area contributed by atoms with Gasteiger partial charge in [-0.25, -0.2) is 0 Å². The standard InChI is InChI=1S/C13H21N3O2/c1-15(7-3-6-14)13(17)10-16-8-9-18-12-5-2-4-11(12)16/h11-12H,2-5,7-10H2,1H3. The highest BCUT2D eigenvalue weighted by Gasteiger charge is 2.36. The average Bonchev–Trinajstić information content (AvgIpc) is 2.85. The number of hydrogen-bond acceptors (Lipinski definition) is 4. The van der Waals surface area contributed by atoms with Crippen molar-refractivity contribution in [1.29, 1.82) is 5.26 Å². The predicted octanol–water partition coefficient (Wildman–Crippen LogP) is 0.612. The van der Waals surface area contributed by atoms with E-state index >= 15 is 0 Å². The SMILES string of the molecule is CN(CCC#N)C(=O)CN1CCOC2CCCC21. The molecular formula is C13H21N3O2. The Kier molecular flexibility index (Phi) is 4.56. The normalized spacial score (nSPS) is 27.6. The van der Waals surface area contributed by atoms with Gasteiger partial charge in [0.15, 0.2) is 0 Å². The molecule has 2 unspecified atom stereocenters. The molecule has 0 aromatic carbocycles. The molecule has 0 aromatic heterocycles. The summed E-state index contributed by atoms with van der Waals surface area (Å²) in [6, 6.07) is 2.49. The van der Waals surface area contributed by atoms with E-state index < -0.39 is 0 Å². The first-order valence-corrected chi connectivity index (χ1v) is 6.69. The van der Waals surface area contributed by atoms with E-state index in [2.05, 4.69) is 11.0 Å². The third-order valence-corrected chi connectivity index (χ3v) is 3.92. The Morgan fingerprint density at radius 3 is 3.17 bits per heavy atom. The van der Waals surface area contributed by atoms with Crippen LogP contribution in [0.3, 0.4) is 0 Å². The van der Waals surface area contributed by atoms with Gasteiger partial charge in [-0.05, 0) is 19.3 Å². The van der Waals surface area contributed by atoms with Gasteiger partial charge in [0, 0.05) is 26.2 Å². The Labute approximate surface area is 108 Å². The highest BCUT2D eigenvalue weighted by molar-refractivity contribution is 5.78. The van der Waals surface area contributed by atoms with Gasteiger partial charge in [-0.15, -0.1) is 0 Å². The van der Waals surface area contributed by atoms with Crippen LogP contribution < -0.4 is 0 Å². The lowest BCUT2D eigenvalue weighted by Gasteiger charge is -2.37. The van der Waals surface area contributed by atoms with Crippen LogP contribution in [0.4, 0.5) is 0 Å². The van der Waals surface area contributed by atoms with Crippen molar-refractivity contribution in [2.75, 3.05) is 33.3 Å². The van der Waals surface area contributed by atoms with Crippen LogP contribution in [-0.2, 0) is 9.53 Å². The number of fused-ring (bicyclic) bond motifs is 1. The first kappa shape index (κ1) is 13.3. The van der Waals surface area contributed by atoms with E-state index in [0.29, 0.717) is 31.7 Å². The van der Waals surface area contributed by atoms with Gasteiger partial charge in [0.25, 0.3) is 0 Å². The molecule has 0 radical (unpaired) electrons. The lowest BCUT2D eigenvalue weighted by molar-refractivity contribution is -0.134. The van der Waals surface area contributed by atoms with Crippen molar-refractivity contribution in [2.24, 2.45) is 0 Å². The number of nitrogens with zero attached hydrogens (tertiary/aromatic N) is 3. The number of likely N-dealkylation sites (N-methyl/N-ethyl adjacent to an activating group) is 1. The molecule has 1 heterocycles. The smallest absolute Gasteiger partial charge is 0.236 e. The second-order valence-corrected chi connectivity index (χ2v) is 5.10. The molecule has 1 aliphatic heterocycles. The summed E-state index contributed by atoms with van der Waals surface area (Å²) < 4.78 is 5.73. The van der Waals surface area contributed by atoms with Crippen molar-refractivity contribution >= 4 is 5.91 Å². The van der Waals surface area contributed by atoms with Crippen molar-refractivity contribution in [1.82, 2.24) is 9.80 Å². The number of amides is 1. The first-order chi connectivity index (χ1) is 8.72. The fourth-order valence-corrected chi connectivity index (χ4v) is 2.84. The van der Waals surface area contributed by atoms with Crippen molar-refractivity contribution in [3.05, 3.63) is 0 Å². The van der Waals surface area contributed by atoms with Gasteiger partial charge >= 0.3 is 0 Å². The zero-order valence-electron chi connectivity index (χ0n) is 11.0. The lowest BCUT2D eigenvalue weighted by Crippen LogP contribution is -2.52. The number of morpholine rings is 1. The summed E-state index contributed by atoms with van der Waals surface area (Å²) in [7, 11) is 1.77. The molecule has 2 rings (SSSR count). The molecule has 0 spiro atoms. The second kappa shape index (κ2) is 6.17. The molecule has 0 N–H and O–H groups in total. The minimum Gasteiger partial charge on any atom is -0.375 e. The van der Waals surface area contributed by atoms with E-state index in [1.807, 2.05) is 0 Å². The Bertz CT molecular complexity index is 340. The number of carbonyl (C=O) groups excluding carboxylic acids is 1. The maximum absolute atomic E-state index is 12.0. The van der Waals surface area contributed by atoms with Crippen LogP contribution in [0.25, 0.3) is 0 Å². The van der Waals surface area contributed by atoms with Crippen LogP contribution >= 0.6 is 0 Å². The molecular weight excluding hydrogens is 230 g/mol. The lowest BCUT2D eigenvalue weighted by atomic mass is 10.1. The quantitative estimate of drug-likeness (QED) is 0.734. The van der Waals surface area contributed by atoms with Crippen LogP contribution in [0.15, 0.2) is 0 Å². The topological polar surface area (TPSA) is 56.6 Å². The van der Waals surface area contributed by atoms with Gasteiger partial charge in [0.05, 0.1) is 31.7 Å². The summed E-state index contributed by atoms with van der Waals surface area (Å²) in [6.07, 6.45) is 4.19. The van der Waals surface area contributed by atoms with Crippen LogP contribution in [0, 0.1) is 11.3 Å². The largest absolute Gasteiger partial charge is 0.375 e. The van der Waals surface area contributed by atoms with E-state index in [0.717, 1.165) is 26.0 Å². The Morgan fingerprint density at radius 1 is 1.56 bits per heavy atom. The highest BCUT2D eigenvalue weighted by atomic mass is 16.5. The predicted molar refractivity (Wildman–Crippen MR) is 66.8 cm³/mol. The molecule has 2 fully saturated rings. The van der Waals surface area contributed by atoms with Crippen molar-refractivity contribution in [3.8, 4) is 6.07 Å². The summed E-state index contributed by atoms with van der Waals surface area (Å²) in [5.41, 5.74) is 0. The Hall–Kier alpha value is -1.12. The molecule has 0 aromatic rings. The van der Waals surface area contributed by atoms with Gasteiger partial charge in [-0.3, -0.25) is 9.69 Å². The number of rotatable bonds is 4. The third-order valence-electron chi connectivity index (χ3n) is 3.92. The zero-order chi connectivity index (χ0) is 13.0. The Morgan fingerprint density at radius 2 is 2.39 bits per heavy atom. The third kappa shape index (κ3) is 3.01. The van der Waals surface area contributed by atoms with E-state index in [9.17, 15) is 4.79 Å². The molecule has 1 aliphatic carbocycles. The molecule has 1 saturated carbocycles. The minimum atomic E-state index is 0.109. The molecule has 2 atom stereocenters. The van der Waals surface area contributed by atoms with E-state index in [1.54, 1.807) is 11.9 Å². The minimum absolute atomic E-state index is 0.109. The highest BCUT2D eigenvalue weighted by Crippen LogP contribution is 2.29. The van der Waals surface area contributed by atoms with Gasteiger partial charge < -0.3 is 9.64 Å². The Balaban J connectivity index is 1.84. The molecule has 100 valence electrons. The molecule has 5 nitrogen and oxygen atoms in total. The molecule has 0 bridgehead atoms. The van der Waals surface area contributed by atoms with E-state index in [-0.39, 0.29) is 5.91 Å². The number of hydrogen-bond donors (Lipinski definition) is 0. The van der Waals surface area contributed by atoms with Crippen LogP contribution in [0.1, 0.15) is 25.7 Å². The van der Waals surface area contributed by atoms with Gasteiger partial charge in [0.2, 0.25) is 5.91 Å². The number of ether oxygens (including phenoxy) is 1. The zero-order valence-corrected chi connectivity index (χ0v) is 11.0. The summed E-state index contributed by atoms with van der Waals surface area (Å²) in [6.45, 7) is 2.57. The van der Waals surface area contributed by atoms with Crippen molar-refractivity contribution in [2.45, 2.75) is 37.8 Å². The van der Waals surface area contributed by atoms with Gasteiger partial charge in [-0.2, -0.15) is 5.26 Å². The molecule has 1 amide bonds. The number of carbonyl (C=O) groups is 1. The second-order valence-electron chi connectivity index (χ2n) is 5.10. The fourth-order valence-electron chi connectivity index (χ4n) is 2.84. The van der Waals surface area contributed by atoms with Crippen LogP contribution in [0.5, 0.6) is 0 Å².